The van der Waals surface area contributed by atoms with Gasteiger partial charge in [-0.15, -0.1) is 11.8 Å². The van der Waals surface area contributed by atoms with Crippen molar-refractivity contribution in [3.05, 3.63) is 35.6 Å². The average Bonchev–Trinajstić information content (AvgIpc) is 2.39. The van der Waals surface area contributed by atoms with Gasteiger partial charge >= 0.3 is 5.97 Å². The van der Waals surface area contributed by atoms with Gasteiger partial charge in [-0.2, -0.15) is 0 Å². The molecule has 1 aromatic carbocycles. The Hall–Kier alpha value is -2.09. The van der Waals surface area contributed by atoms with Gasteiger partial charge in [-0.25, -0.2) is 4.39 Å². The van der Waals surface area contributed by atoms with Crippen molar-refractivity contribution >= 4 is 29.5 Å². The lowest BCUT2D eigenvalue weighted by molar-refractivity contribution is -0.144. The van der Waals surface area contributed by atoms with Crippen LogP contribution in [0.2, 0.25) is 0 Å². The summed E-state index contributed by atoms with van der Waals surface area (Å²) in [5.41, 5.74) is 5.81. The molecule has 0 bridgehead atoms. The van der Waals surface area contributed by atoms with Crippen molar-refractivity contribution in [2.24, 2.45) is 5.73 Å². The van der Waals surface area contributed by atoms with Crippen LogP contribution in [-0.4, -0.2) is 46.6 Å². The summed E-state index contributed by atoms with van der Waals surface area (Å²) in [5, 5.41) is 8.69. The molecule has 21 heavy (non-hydrogen) atoms. The predicted molar refractivity (Wildman–Crippen MR) is 76.0 cm³/mol. The Bertz CT molecular complexity index is 505. The first-order valence-corrected chi connectivity index (χ1v) is 7.14. The van der Waals surface area contributed by atoms with E-state index < -0.39 is 30.9 Å². The van der Waals surface area contributed by atoms with Crippen molar-refractivity contribution in [2.45, 2.75) is 5.75 Å². The van der Waals surface area contributed by atoms with Gasteiger partial charge in [-0.05, 0) is 17.7 Å². The number of amides is 2. The number of primary amides is 1. The van der Waals surface area contributed by atoms with Crippen LogP contribution in [0.25, 0.3) is 0 Å². The number of benzene rings is 1. The number of hydrogen-bond donors (Lipinski definition) is 2. The third-order valence-electron chi connectivity index (χ3n) is 2.43. The van der Waals surface area contributed by atoms with Gasteiger partial charge < -0.3 is 15.7 Å². The summed E-state index contributed by atoms with van der Waals surface area (Å²) in [6.45, 7) is -0.999. The first kappa shape index (κ1) is 17.0. The van der Waals surface area contributed by atoms with Gasteiger partial charge in [0.05, 0.1) is 12.3 Å². The summed E-state index contributed by atoms with van der Waals surface area (Å²) in [6.07, 6.45) is 0. The van der Waals surface area contributed by atoms with Crippen LogP contribution in [0, 0.1) is 5.82 Å². The highest BCUT2D eigenvalue weighted by molar-refractivity contribution is 7.99. The number of carbonyl (C=O) groups is 3. The number of thioether (sulfide) groups is 1. The van der Waals surface area contributed by atoms with Gasteiger partial charge in [0.2, 0.25) is 11.8 Å². The Balaban J connectivity index is 2.47. The Morgan fingerprint density at radius 1 is 1.19 bits per heavy atom. The lowest BCUT2D eigenvalue weighted by atomic mass is 10.2. The SMILES string of the molecule is NC(=O)CN(CC(=O)O)C(=O)CSCc1ccc(F)cc1. The van der Waals surface area contributed by atoms with Crippen LogP contribution in [0.5, 0.6) is 0 Å². The quantitative estimate of drug-likeness (QED) is 0.726. The number of nitrogens with zero attached hydrogens (tertiary/aromatic N) is 1. The maximum Gasteiger partial charge on any atom is 0.323 e. The van der Waals surface area contributed by atoms with E-state index in [9.17, 15) is 18.8 Å². The van der Waals surface area contributed by atoms with Gasteiger partial charge in [-0.3, -0.25) is 14.4 Å². The second-order valence-electron chi connectivity index (χ2n) is 4.23. The van der Waals surface area contributed by atoms with E-state index in [2.05, 4.69) is 0 Å². The monoisotopic (exact) mass is 314 g/mol. The molecule has 0 fully saturated rings. The molecule has 0 atom stereocenters. The highest BCUT2D eigenvalue weighted by atomic mass is 32.2. The average molecular weight is 314 g/mol. The maximum absolute atomic E-state index is 12.7. The molecule has 2 amide bonds. The molecule has 8 heteroatoms. The molecule has 0 aliphatic rings. The van der Waals surface area contributed by atoms with E-state index in [4.69, 9.17) is 10.8 Å². The molecule has 0 saturated heterocycles. The van der Waals surface area contributed by atoms with Crippen molar-refractivity contribution in [1.29, 1.82) is 0 Å². The number of aliphatic carboxylic acids is 1. The van der Waals surface area contributed by atoms with Crippen LogP contribution in [-0.2, 0) is 20.1 Å². The van der Waals surface area contributed by atoms with Crippen LogP contribution in [0.1, 0.15) is 5.56 Å². The van der Waals surface area contributed by atoms with Gasteiger partial charge in [0.25, 0.3) is 0 Å². The molecule has 1 aromatic rings. The largest absolute Gasteiger partial charge is 0.480 e. The minimum absolute atomic E-state index is 0.0118. The maximum atomic E-state index is 12.7. The van der Waals surface area contributed by atoms with Crippen molar-refractivity contribution in [2.75, 3.05) is 18.8 Å². The van der Waals surface area contributed by atoms with E-state index in [1.807, 2.05) is 0 Å². The number of rotatable bonds is 8. The minimum atomic E-state index is -1.21. The second kappa shape index (κ2) is 8.25. The molecule has 0 aliphatic heterocycles. The van der Waals surface area contributed by atoms with Crippen LogP contribution in [0.15, 0.2) is 24.3 Å². The van der Waals surface area contributed by atoms with E-state index in [-0.39, 0.29) is 11.6 Å². The van der Waals surface area contributed by atoms with E-state index in [1.165, 1.54) is 23.9 Å². The fraction of sp³-hybridized carbons (Fsp3) is 0.308. The van der Waals surface area contributed by atoms with Crippen molar-refractivity contribution in [1.82, 2.24) is 4.90 Å². The Morgan fingerprint density at radius 2 is 1.81 bits per heavy atom. The second-order valence-corrected chi connectivity index (χ2v) is 5.21. The Kier molecular flexibility index (Phi) is 6.67. The minimum Gasteiger partial charge on any atom is -0.480 e. The van der Waals surface area contributed by atoms with Gasteiger partial charge in [0.15, 0.2) is 0 Å². The zero-order chi connectivity index (χ0) is 15.8. The lowest BCUT2D eigenvalue weighted by Gasteiger charge is -2.18. The summed E-state index contributed by atoms with van der Waals surface area (Å²) < 4.78 is 12.7. The molecule has 0 saturated carbocycles. The fourth-order valence-electron chi connectivity index (χ4n) is 1.51. The lowest BCUT2D eigenvalue weighted by Crippen LogP contribution is -2.42. The Morgan fingerprint density at radius 3 is 2.33 bits per heavy atom. The molecule has 0 aromatic heterocycles. The van der Waals surface area contributed by atoms with Gasteiger partial charge in [-0.1, -0.05) is 12.1 Å². The van der Waals surface area contributed by atoms with Crippen molar-refractivity contribution in [3.63, 3.8) is 0 Å². The molecular formula is C13H15FN2O4S. The van der Waals surface area contributed by atoms with Gasteiger partial charge in [0.1, 0.15) is 12.4 Å². The first-order chi connectivity index (χ1) is 9.88. The number of nitrogens with two attached hydrogens (primary N) is 1. The van der Waals surface area contributed by atoms with E-state index in [1.54, 1.807) is 12.1 Å². The van der Waals surface area contributed by atoms with E-state index in [0.29, 0.717) is 5.75 Å². The molecule has 0 aliphatic carbocycles. The molecule has 6 nitrogen and oxygen atoms in total. The van der Waals surface area contributed by atoms with E-state index in [0.717, 1.165) is 10.5 Å². The molecular weight excluding hydrogens is 299 g/mol. The first-order valence-electron chi connectivity index (χ1n) is 5.98. The molecule has 0 unspecified atom stereocenters. The third kappa shape index (κ3) is 6.75. The number of halogens is 1. The Labute approximate surface area is 125 Å². The summed E-state index contributed by atoms with van der Waals surface area (Å²) in [7, 11) is 0. The summed E-state index contributed by atoms with van der Waals surface area (Å²) in [4.78, 5) is 34.2. The fourth-order valence-corrected chi connectivity index (χ4v) is 2.40. The molecule has 0 spiro atoms. The predicted octanol–water partition coefficient (Wildman–Crippen LogP) is 0.457. The number of carboxylic acids is 1. The normalized spacial score (nSPS) is 10.1. The molecule has 3 N–H and O–H groups in total. The summed E-state index contributed by atoms with van der Waals surface area (Å²) in [5.74, 6) is -2.32. The van der Waals surface area contributed by atoms with Gasteiger partial charge in [0, 0.05) is 5.75 Å². The van der Waals surface area contributed by atoms with Crippen LogP contribution in [0.4, 0.5) is 4.39 Å². The molecule has 114 valence electrons. The topological polar surface area (TPSA) is 101 Å². The number of carbonyl (C=O) groups excluding carboxylic acids is 2. The van der Waals surface area contributed by atoms with Crippen LogP contribution in [0.3, 0.4) is 0 Å². The van der Waals surface area contributed by atoms with Crippen molar-refractivity contribution in [3.8, 4) is 0 Å². The highest BCUT2D eigenvalue weighted by Gasteiger charge is 2.18. The standard InChI is InChI=1S/C13H15FN2O4S/c14-10-3-1-9(2-4-10)7-21-8-12(18)16(5-11(15)17)6-13(19)20/h1-4H,5-8H2,(H2,15,17)(H,19,20). The zero-order valence-corrected chi connectivity index (χ0v) is 11.9. The number of carboxylic acid groups (broad SMARTS) is 1. The van der Waals surface area contributed by atoms with Crippen molar-refractivity contribution < 1.29 is 23.9 Å². The molecule has 1 rings (SSSR count). The smallest absolute Gasteiger partial charge is 0.323 e. The zero-order valence-electron chi connectivity index (χ0n) is 11.1. The highest BCUT2D eigenvalue weighted by Crippen LogP contribution is 2.13. The number of hydrogen-bond acceptors (Lipinski definition) is 4. The summed E-state index contributed by atoms with van der Waals surface area (Å²) in [6, 6.07) is 5.85. The summed E-state index contributed by atoms with van der Waals surface area (Å²) >= 11 is 1.24. The van der Waals surface area contributed by atoms with Crippen LogP contribution < -0.4 is 5.73 Å². The molecule has 0 radical (unpaired) electrons. The van der Waals surface area contributed by atoms with Crippen LogP contribution >= 0.6 is 11.8 Å². The third-order valence-corrected chi connectivity index (χ3v) is 3.42. The molecule has 0 heterocycles. The van der Waals surface area contributed by atoms with E-state index >= 15 is 0 Å².